The highest BCUT2D eigenvalue weighted by Crippen LogP contribution is 2.09. The summed E-state index contributed by atoms with van der Waals surface area (Å²) in [6, 6.07) is 0. The minimum absolute atomic E-state index is 0.0811. The Morgan fingerprint density at radius 2 is 2.00 bits per heavy atom. The number of nitrogens with two attached hydrogens (primary N) is 1. The lowest BCUT2D eigenvalue weighted by Crippen LogP contribution is -2.45. The van der Waals surface area contributed by atoms with Crippen molar-refractivity contribution >= 4 is 5.91 Å². The second-order valence-electron chi connectivity index (χ2n) is 3.78. The van der Waals surface area contributed by atoms with Crippen LogP contribution >= 0.6 is 0 Å². The molecule has 0 aliphatic carbocycles. The van der Waals surface area contributed by atoms with Crippen LogP contribution < -0.4 is 11.3 Å². The van der Waals surface area contributed by atoms with Crippen LogP contribution in [0.2, 0.25) is 0 Å². The standard InChI is InChI=1S/C10H22N2O3/c1-5-14-6-8(4)15-9(7(2)3)10(13)12-11/h7-9H,5-6,11H2,1-4H3,(H,12,13). The van der Waals surface area contributed by atoms with Gasteiger partial charge < -0.3 is 9.47 Å². The second kappa shape index (κ2) is 7.62. The van der Waals surface area contributed by atoms with Crippen LogP contribution in [0.4, 0.5) is 0 Å². The molecule has 0 aromatic carbocycles. The molecule has 0 spiro atoms. The van der Waals surface area contributed by atoms with Crippen LogP contribution in [0.3, 0.4) is 0 Å². The number of carbonyl (C=O) groups excluding carboxylic acids is 1. The van der Waals surface area contributed by atoms with Crippen LogP contribution in [0.5, 0.6) is 0 Å². The smallest absolute Gasteiger partial charge is 0.263 e. The van der Waals surface area contributed by atoms with Gasteiger partial charge in [0.1, 0.15) is 6.10 Å². The number of amides is 1. The van der Waals surface area contributed by atoms with Crippen LogP contribution in [0, 0.1) is 5.92 Å². The SMILES string of the molecule is CCOCC(C)OC(C(=O)NN)C(C)C. The van der Waals surface area contributed by atoms with Gasteiger partial charge in [-0.3, -0.25) is 10.2 Å². The molecule has 0 aromatic heterocycles. The maximum absolute atomic E-state index is 11.4. The monoisotopic (exact) mass is 218 g/mol. The average Bonchev–Trinajstić information content (AvgIpc) is 2.21. The summed E-state index contributed by atoms with van der Waals surface area (Å²) < 4.78 is 10.8. The Bertz CT molecular complexity index is 186. The van der Waals surface area contributed by atoms with E-state index < -0.39 is 6.10 Å². The molecule has 15 heavy (non-hydrogen) atoms. The molecule has 2 atom stereocenters. The van der Waals surface area contributed by atoms with Gasteiger partial charge in [-0.25, -0.2) is 5.84 Å². The highest BCUT2D eigenvalue weighted by molar-refractivity contribution is 5.80. The van der Waals surface area contributed by atoms with E-state index in [4.69, 9.17) is 15.3 Å². The highest BCUT2D eigenvalue weighted by atomic mass is 16.5. The topological polar surface area (TPSA) is 73.6 Å². The molecule has 2 unspecified atom stereocenters. The molecular formula is C10H22N2O3. The Kier molecular flexibility index (Phi) is 7.29. The zero-order chi connectivity index (χ0) is 11.8. The van der Waals surface area contributed by atoms with E-state index in [1.165, 1.54) is 0 Å². The molecule has 0 saturated carbocycles. The average molecular weight is 218 g/mol. The Hall–Kier alpha value is -0.650. The van der Waals surface area contributed by atoms with Gasteiger partial charge in [-0.15, -0.1) is 0 Å². The number of hydrazine groups is 1. The molecular weight excluding hydrogens is 196 g/mol. The van der Waals surface area contributed by atoms with Gasteiger partial charge in [0.15, 0.2) is 0 Å². The molecule has 90 valence electrons. The van der Waals surface area contributed by atoms with Crippen LogP contribution in [0.15, 0.2) is 0 Å². The van der Waals surface area contributed by atoms with E-state index in [9.17, 15) is 4.79 Å². The second-order valence-corrected chi connectivity index (χ2v) is 3.78. The largest absolute Gasteiger partial charge is 0.379 e. The van der Waals surface area contributed by atoms with E-state index in [2.05, 4.69) is 5.43 Å². The first-order valence-corrected chi connectivity index (χ1v) is 5.26. The summed E-state index contributed by atoms with van der Waals surface area (Å²) in [7, 11) is 0. The third-order valence-corrected chi connectivity index (χ3v) is 1.94. The van der Waals surface area contributed by atoms with Crippen molar-refractivity contribution in [3.8, 4) is 0 Å². The molecule has 1 amide bonds. The van der Waals surface area contributed by atoms with Gasteiger partial charge in [0, 0.05) is 6.61 Å². The van der Waals surface area contributed by atoms with Crippen molar-refractivity contribution in [2.45, 2.75) is 39.9 Å². The molecule has 0 aliphatic rings. The van der Waals surface area contributed by atoms with Crippen molar-refractivity contribution in [3.63, 3.8) is 0 Å². The Balaban J connectivity index is 4.10. The Morgan fingerprint density at radius 3 is 2.40 bits per heavy atom. The number of nitrogens with one attached hydrogen (secondary N) is 1. The first-order valence-electron chi connectivity index (χ1n) is 5.26. The molecule has 5 heteroatoms. The lowest BCUT2D eigenvalue weighted by atomic mass is 10.1. The van der Waals surface area contributed by atoms with Gasteiger partial charge in [-0.2, -0.15) is 0 Å². The number of rotatable bonds is 7. The molecule has 0 aliphatic heterocycles. The predicted molar refractivity (Wildman–Crippen MR) is 58.0 cm³/mol. The van der Waals surface area contributed by atoms with Gasteiger partial charge in [0.2, 0.25) is 0 Å². The van der Waals surface area contributed by atoms with Gasteiger partial charge in [-0.1, -0.05) is 13.8 Å². The lowest BCUT2D eigenvalue weighted by Gasteiger charge is -2.23. The first-order chi connectivity index (χ1) is 7.02. The van der Waals surface area contributed by atoms with Crippen molar-refractivity contribution in [1.29, 1.82) is 0 Å². The predicted octanol–water partition coefficient (Wildman–Crippen LogP) is 0.443. The molecule has 0 rings (SSSR count). The summed E-state index contributed by atoms with van der Waals surface area (Å²) in [5, 5.41) is 0. The Morgan fingerprint density at radius 1 is 1.40 bits per heavy atom. The first kappa shape index (κ1) is 14.3. The van der Waals surface area contributed by atoms with Gasteiger partial charge in [-0.05, 0) is 19.8 Å². The molecule has 0 bridgehead atoms. The summed E-state index contributed by atoms with van der Waals surface area (Å²) in [5.41, 5.74) is 2.10. The normalized spacial score (nSPS) is 15.1. The number of carbonyl (C=O) groups is 1. The molecule has 0 fully saturated rings. The van der Waals surface area contributed by atoms with E-state index in [0.29, 0.717) is 13.2 Å². The van der Waals surface area contributed by atoms with Crippen molar-refractivity contribution in [2.75, 3.05) is 13.2 Å². The van der Waals surface area contributed by atoms with Crippen LogP contribution in [-0.2, 0) is 14.3 Å². The molecule has 3 N–H and O–H groups in total. The summed E-state index contributed by atoms with van der Waals surface area (Å²) in [5.74, 6) is 4.86. The van der Waals surface area contributed by atoms with Crippen LogP contribution in [0.25, 0.3) is 0 Å². The molecule has 0 aromatic rings. The lowest BCUT2D eigenvalue weighted by molar-refractivity contribution is -0.142. The van der Waals surface area contributed by atoms with E-state index >= 15 is 0 Å². The van der Waals surface area contributed by atoms with E-state index in [-0.39, 0.29) is 17.9 Å². The van der Waals surface area contributed by atoms with Crippen LogP contribution in [-0.4, -0.2) is 31.3 Å². The minimum Gasteiger partial charge on any atom is -0.379 e. The molecule has 0 saturated heterocycles. The third kappa shape index (κ3) is 5.71. The summed E-state index contributed by atoms with van der Waals surface area (Å²) in [6.45, 7) is 8.73. The van der Waals surface area contributed by atoms with Crippen molar-refractivity contribution in [3.05, 3.63) is 0 Å². The maximum atomic E-state index is 11.4. The summed E-state index contributed by atoms with van der Waals surface area (Å²) in [6.07, 6.45) is -0.639. The van der Waals surface area contributed by atoms with Crippen LogP contribution in [0.1, 0.15) is 27.7 Å². The number of ether oxygens (including phenoxy) is 2. The molecule has 5 nitrogen and oxygen atoms in total. The maximum Gasteiger partial charge on any atom is 0.263 e. The fraction of sp³-hybridized carbons (Fsp3) is 0.900. The quantitative estimate of drug-likeness (QED) is 0.369. The highest BCUT2D eigenvalue weighted by Gasteiger charge is 2.24. The Labute approximate surface area is 91.3 Å². The van der Waals surface area contributed by atoms with E-state index in [0.717, 1.165) is 0 Å². The van der Waals surface area contributed by atoms with Crippen molar-refractivity contribution < 1.29 is 14.3 Å². The fourth-order valence-corrected chi connectivity index (χ4v) is 1.18. The minimum atomic E-state index is -0.523. The van der Waals surface area contributed by atoms with Crippen molar-refractivity contribution in [1.82, 2.24) is 5.43 Å². The molecule has 0 heterocycles. The van der Waals surface area contributed by atoms with E-state index in [1.807, 2.05) is 27.7 Å². The summed E-state index contributed by atoms with van der Waals surface area (Å²) >= 11 is 0. The van der Waals surface area contributed by atoms with Crippen molar-refractivity contribution in [2.24, 2.45) is 11.8 Å². The fourth-order valence-electron chi connectivity index (χ4n) is 1.18. The zero-order valence-electron chi connectivity index (χ0n) is 9.95. The van der Waals surface area contributed by atoms with Gasteiger partial charge in [0.25, 0.3) is 5.91 Å². The summed E-state index contributed by atoms with van der Waals surface area (Å²) in [4.78, 5) is 11.4. The number of hydrogen-bond donors (Lipinski definition) is 2. The van der Waals surface area contributed by atoms with Gasteiger partial charge in [0.05, 0.1) is 12.7 Å². The number of hydrogen-bond acceptors (Lipinski definition) is 4. The molecule has 0 radical (unpaired) electrons. The van der Waals surface area contributed by atoms with Gasteiger partial charge >= 0.3 is 0 Å². The third-order valence-electron chi connectivity index (χ3n) is 1.94. The zero-order valence-corrected chi connectivity index (χ0v) is 9.95. The van der Waals surface area contributed by atoms with E-state index in [1.54, 1.807) is 0 Å².